The molecule has 59 heavy (non-hydrogen) atoms. The smallest absolute Gasteiger partial charge is 0.255 e. The number of nitrogens with one attached hydrogen (secondary N) is 2. The number of benzene rings is 3. The Bertz CT molecular complexity index is 2310. The van der Waals surface area contributed by atoms with Crippen molar-refractivity contribution in [3.8, 4) is 11.5 Å². The summed E-state index contributed by atoms with van der Waals surface area (Å²) in [5.41, 5.74) is 7.59. The first kappa shape index (κ1) is 38.0. The number of aromatic amines is 1. The SMILES string of the molecule is COc1cc(N2CCC(CN3CCN4c5ccc6c(c5OC[C@H]4C3)CN([C@H]3CCC(=O)NC3=O)C6=O)CC2)ccc1[C@@H]1c2[nH]c3ccccc3c2C[C@@H](C)N1CC(F)F. The highest BCUT2D eigenvalue weighted by Gasteiger charge is 2.44. The summed E-state index contributed by atoms with van der Waals surface area (Å²) < 4.78 is 40.6. The Kier molecular flexibility index (Phi) is 9.74. The number of carbonyl (C=O) groups is 3. The van der Waals surface area contributed by atoms with Crippen LogP contribution in [0.5, 0.6) is 11.5 Å². The van der Waals surface area contributed by atoms with Crippen LogP contribution in [0.25, 0.3) is 10.9 Å². The first-order valence-electron chi connectivity index (χ1n) is 21.1. The molecule has 4 atom stereocenters. The van der Waals surface area contributed by atoms with Crippen LogP contribution in [0.2, 0.25) is 0 Å². The van der Waals surface area contributed by atoms with Crippen molar-refractivity contribution >= 4 is 40.0 Å². The highest BCUT2D eigenvalue weighted by Crippen LogP contribution is 2.46. The van der Waals surface area contributed by atoms with E-state index in [0.717, 1.165) is 97.0 Å². The molecule has 0 aliphatic carbocycles. The summed E-state index contributed by atoms with van der Waals surface area (Å²) >= 11 is 0. The van der Waals surface area contributed by atoms with Gasteiger partial charge in [-0.15, -0.1) is 0 Å². The second-order valence-electron chi connectivity index (χ2n) is 17.2. The van der Waals surface area contributed by atoms with Crippen LogP contribution in [0.4, 0.5) is 20.2 Å². The summed E-state index contributed by atoms with van der Waals surface area (Å²) in [5, 5.41) is 3.53. The molecule has 6 aliphatic rings. The fraction of sp³-hybridized carbons (Fsp3) is 0.489. The second-order valence-corrected chi connectivity index (χ2v) is 17.2. The third-order valence-electron chi connectivity index (χ3n) is 13.8. The van der Waals surface area contributed by atoms with Crippen LogP contribution in [0, 0.1) is 5.92 Å². The molecule has 6 aliphatic heterocycles. The number of H-pyrrole nitrogens is 1. The highest BCUT2D eigenvalue weighted by molar-refractivity contribution is 6.06. The lowest BCUT2D eigenvalue weighted by Gasteiger charge is -2.47. The number of para-hydroxylation sites is 1. The molecule has 12 nitrogen and oxygen atoms in total. The van der Waals surface area contributed by atoms with Crippen molar-refractivity contribution in [1.82, 2.24) is 25.0 Å². The third kappa shape index (κ3) is 6.68. The van der Waals surface area contributed by atoms with Gasteiger partial charge in [0.05, 0.1) is 38.0 Å². The number of piperidine rings is 2. The molecule has 0 unspecified atom stereocenters. The van der Waals surface area contributed by atoms with E-state index in [9.17, 15) is 23.2 Å². The Hall–Kier alpha value is -5.21. The Balaban J connectivity index is 0.784. The molecular weight excluding hydrogens is 757 g/mol. The summed E-state index contributed by atoms with van der Waals surface area (Å²) in [4.78, 5) is 52.3. The van der Waals surface area contributed by atoms with Gasteiger partial charge in [0.15, 0.2) is 0 Å². The minimum atomic E-state index is -2.45. The molecule has 3 saturated heterocycles. The van der Waals surface area contributed by atoms with Gasteiger partial charge < -0.3 is 29.2 Å². The quantitative estimate of drug-likeness (QED) is 0.228. The number of nitrogens with zero attached hydrogens (tertiary/aromatic N) is 5. The summed E-state index contributed by atoms with van der Waals surface area (Å²) in [6.45, 7) is 8.15. The number of carbonyl (C=O) groups excluding carboxylic acids is 3. The van der Waals surface area contributed by atoms with Gasteiger partial charge in [0.25, 0.3) is 12.3 Å². The van der Waals surface area contributed by atoms with Crippen LogP contribution in [0.15, 0.2) is 54.6 Å². The molecule has 10 rings (SSSR count). The van der Waals surface area contributed by atoms with E-state index < -0.39 is 18.4 Å². The first-order chi connectivity index (χ1) is 28.6. The van der Waals surface area contributed by atoms with E-state index in [2.05, 4.69) is 55.3 Å². The van der Waals surface area contributed by atoms with Gasteiger partial charge in [-0.1, -0.05) is 24.3 Å². The van der Waals surface area contributed by atoms with Crippen molar-refractivity contribution < 1.29 is 32.6 Å². The third-order valence-corrected chi connectivity index (χ3v) is 13.8. The molecule has 0 bridgehead atoms. The van der Waals surface area contributed by atoms with Crippen molar-refractivity contribution in [3.63, 3.8) is 0 Å². The Morgan fingerprint density at radius 3 is 2.58 bits per heavy atom. The number of alkyl halides is 2. The summed E-state index contributed by atoms with van der Waals surface area (Å²) in [6.07, 6.45) is 0.941. The zero-order chi connectivity index (χ0) is 40.5. The minimum Gasteiger partial charge on any atom is -0.496 e. The lowest BCUT2D eigenvalue weighted by Crippen LogP contribution is -2.58. The van der Waals surface area contributed by atoms with Crippen molar-refractivity contribution in [2.75, 3.05) is 69.3 Å². The lowest BCUT2D eigenvalue weighted by molar-refractivity contribution is -0.136. The number of aromatic nitrogens is 1. The maximum atomic E-state index is 14.1. The maximum absolute atomic E-state index is 14.1. The van der Waals surface area contributed by atoms with Gasteiger partial charge in [-0.25, -0.2) is 8.78 Å². The fourth-order valence-electron chi connectivity index (χ4n) is 10.9. The van der Waals surface area contributed by atoms with E-state index in [-0.39, 0.29) is 42.9 Å². The minimum absolute atomic E-state index is 0.0684. The predicted molar refractivity (Wildman–Crippen MR) is 220 cm³/mol. The van der Waals surface area contributed by atoms with Crippen molar-refractivity contribution in [3.05, 3.63) is 82.5 Å². The highest BCUT2D eigenvalue weighted by atomic mass is 19.3. The second kappa shape index (κ2) is 15.1. The largest absolute Gasteiger partial charge is 0.496 e. The van der Waals surface area contributed by atoms with E-state index in [0.29, 0.717) is 43.2 Å². The molecule has 3 aromatic carbocycles. The molecule has 3 fully saturated rings. The van der Waals surface area contributed by atoms with Gasteiger partial charge in [-0.3, -0.25) is 29.5 Å². The van der Waals surface area contributed by atoms with E-state index in [4.69, 9.17) is 9.47 Å². The number of anilines is 2. The monoisotopic (exact) mass is 807 g/mol. The van der Waals surface area contributed by atoms with Crippen molar-refractivity contribution in [2.24, 2.45) is 5.92 Å². The molecule has 2 N–H and O–H groups in total. The first-order valence-corrected chi connectivity index (χ1v) is 21.1. The zero-order valence-electron chi connectivity index (χ0n) is 33.6. The Labute approximate surface area is 342 Å². The van der Waals surface area contributed by atoms with Crippen molar-refractivity contribution in [2.45, 2.75) is 76.2 Å². The molecule has 7 heterocycles. The summed E-state index contributed by atoms with van der Waals surface area (Å²) in [7, 11) is 1.67. The standard InChI is InChI=1S/C45H51F2N7O5/c1-26-19-33-30-5-3-4-6-35(30)48-41(33)42(53(26)24-39(46)47)32-8-7-28(20-38(32)58-2)51-15-13-27(14-16-51)21-50-17-18-52-29(22-50)25-59-43-34-23-54(37-11-12-40(55)49-44(37)56)45(57)31(34)9-10-36(43)52/h3-10,20,26-27,29,37,39,42,48H,11-19,21-25H2,1-2H3,(H,49,55,56)/t26-,29-,37+,42-/m1/s1. The van der Waals surface area contributed by atoms with Crippen LogP contribution >= 0.6 is 0 Å². The number of methoxy groups -OCH3 is 1. The van der Waals surface area contributed by atoms with Gasteiger partial charge >= 0.3 is 0 Å². The van der Waals surface area contributed by atoms with E-state index in [1.807, 2.05) is 36.1 Å². The number of ether oxygens (including phenoxy) is 2. The van der Waals surface area contributed by atoms with Gasteiger partial charge in [-0.05, 0) is 68.4 Å². The molecule has 14 heteroatoms. The topological polar surface area (TPSA) is 114 Å². The molecule has 0 saturated carbocycles. The average Bonchev–Trinajstić information content (AvgIpc) is 3.77. The number of fused-ring (bicyclic) bond motifs is 8. The number of piperazine rings is 1. The molecule has 1 aromatic heterocycles. The van der Waals surface area contributed by atoms with E-state index in [1.54, 1.807) is 12.0 Å². The van der Waals surface area contributed by atoms with E-state index in [1.165, 1.54) is 5.56 Å². The van der Waals surface area contributed by atoms with Crippen LogP contribution in [-0.2, 0) is 22.6 Å². The number of amides is 3. The van der Waals surface area contributed by atoms with Gasteiger partial charge in [0.1, 0.15) is 24.1 Å². The van der Waals surface area contributed by atoms with E-state index >= 15 is 0 Å². The van der Waals surface area contributed by atoms with Gasteiger partial charge in [0, 0.05) is 96.8 Å². The maximum Gasteiger partial charge on any atom is 0.255 e. The number of imide groups is 1. The Morgan fingerprint density at radius 1 is 0.949 bits per heavy atom. The zero-order valence-corrected chi connectivity index (χ0v) is 33.6. The predicted octanol–water partition coefficient (Wildman–Crippen LogP) is 5.34. The molecule has 3 amide bonds. The summed E-state index contributed by atoms with van der Waals surface area (Å²) in [6, 6.07) is 17.5. The molecular formula is C45H51F2N7O5. The van der Waals surface area contributed by atoms with Crippen LogP contribution in [0.1, 0.15) is 71.4 Å². The number of rotatable bonds is 8. The number of hydrogen-bond donors (Lipinski definition) is 2. The van der Waals surface area contributed by atoms with Crippen LogP contribution in [0.3, 0.4) is 0 Å². The lowest BCUT2D eigenvalue weighted by atomic mass is 9.88. The number of halogens is 2. The van der Waals surface area contributed by atoms with Gasteiger partial charge in [0.2, 0.25) is 11.8 Å². The molecule has 4 aromatic rings. The normalized spacial score (nSPS) is 25.2. The fourth-order valence-corrected chi connectivity index (χ4v) is 10.9. The van der Waals surface area contributed by atoms with Crippen LogP contribution < -0.4 is 24.6 Å². The molecule has 0 radical (unpaired) electrons. The Morgan fingerprint density at radius 2 is 1.78 bits per heavy atom. The number of hydrogen-bond acceptors (Lipinski definition) is 9. The average molecular weight is 808 g/mol. The van der Waals surface area contributed by atoms with Gasteiger partial charge in [-0.2, -0.15) is 0 Å². The van der Waals surface area contributed by atoms with Crippen LogP contribution in [-0.4, -0.2) is 121 Å². The molecule has 310 valence electrons. The summed E-state index contributed by atoms with van der Waals surface area (Å²) in [5.74, 6) is 1.13. The molecule has 0 spiro atoms. The van der Waals surface area contributed by atoms with Crippen molar-refractivity contribution in [1.29, 1.82) is 0 Å².